The SMILES string of the molecule is CCOc1ccc(-c2[nH]c3ccc(OC4CCCCC4)cc3c2CC(=O)O)cc1. The van der Waals surface area contributed by atoms with E-state index in [1.165, 1.54) is 19.3 Å². The molecule has 0 saturated heterocycles. The van der Waals surface area contributed by atoms with Crippen LogP contribution >= 0.6 is 0 Å². The van der Waals surface area contributed by atoms with Crippen molar-refractivity contribution in [2.75, 3.05) is 6.61 Å². The van der Waals surface area contributed by atoms with Gasteiger partial charge in [-0.1, -0.05) is 6.42 Å². The van der Waals surface area contributed by atoms with Crippen LogP contribution in [0.25, 0.3) is 22.2 Å². The monoisotopic (exact) mass is 393 g/mol. The lowest BCUT2D eigenvalue weighted by molar-refractivity contribution is -0.136. The Bertz CT molecular complexity index is 984. The van der Waals surface area contributed by atoms with Gasteiger partial charge in [0.25, 0.3) is 0 Å². The van der Waals surface area contributed by atoms with E-state index in [-0.39, 0.29) is 12.5 Å². The first kappa shape index (κ1) is 19.4. The third-order valence-corrected chi connectivity index (χ3v) is 5.51. The number of ether oxygens (including phenoxy) is 2. The summed E-state index contributed by atoms with van der Waals surface area (Å²) in [5.41, 5.74) is 3.47. The smallest absolute Gasteiger partial charge is 0.307 e. The number of H-pyrrole nitrogens is 1. The van der Waals surface area contributed by atoms with Crippen LogP contribution in [0.1, 0.15) is 44.6 Å². The molecule has 1 heterocycles. The zero-order chi connectivity index (χ0) is 20.2. The number of carboxylic acid groups (broad SMARTS) is 1. The second kappa shape index (κ2) is 8.60. The first-order valence-corrected chi connectivity index (χ1v) is 10.4. The standard InChI is InChI=1S/C24H27NO4/c1-2-28-17-10-8-16(9-11-17)24-21(15-23(26)27)20-14-19(12-13-22(20)25-24)29-18-6-4-3-5-7-18/h8-14,18,25H,2-7,15H2,1H3,(H,26,27). The van der Waals surface area contributed by atoms with Crippen LogP contribution in [0.3, 0.4) is 0 Å². The van der Waals surface area contributed by atoms with Gasteiger partial charge < -0.3 is 19.6 Å². The Kier molecular flexibility index (Phi) is 5.74. The largest absolute Gasteiger partial charge is 0.494 e. The van der Waals surface area contributed by atoms with Crippen molar-refractivity contribution in [1.82, 2.24) is 4.98 Å². The fraction of sp³-hybridized carbons (Fsp3) is 0.375. The first-order valence-electron chi connectivity index (χ1n) is 10.4. The predicted octanol–water partition coefficient (Wildman–Crippen LogP) is 5.57. The average molecular weight is 393 g/mol. The summed E-state index contributed by atoms with van der Waals surface area (Å²) in [4.78, 5) is 15.0. The predicted molar refractivity (Wildman–Crippen MR) is 114 cm³/mol. The summed E-state index contributed by atoms with van der Waals surface area (Å²) in [5.74, 6) is 0.764. The van der Waals surface area contributed by atoms with Gasteiger partial charge in [-0.05, 0) is 86.2 Å². The number of hydrogen-bond acceptors (Lipinski definition) is 3. The van der Waals surface area contributed by atoms with Crippen molar-refractivity contribution in [3.63, 3.8) is 0 Å². The van der Waals surface area contributed by atoms with Gasteiger partial charge in [0.1, 0.15) is 11.5 Å². The van der Waals surface area contributed by atoms with Crippen LogP contribution in [-0.4, -0.2) is 28.8 Å². The van der Waals surface area contributed by atoms with E-state index < -0.39 is 5.97 Å². The highest BCUT2D eigenvalue weighted by molar-refractivity contribution is 5.94. The Morgan fingerprint density at radius 3 is 2.48 bits per heavy atom. The molecule has 152 valence electrons. The lowest BCUT2D eigenvalue weighted by Gasteiger charge is -2.23. The number of nitrogens with one attached hydrogen (secondary N) is 1. The molecule has 1 fully saturated rings. The van der Waals surface area contributed by atoms with E-state index in [0.717, 1.165) is 52.1 Å². The van der Waals surface area contributed by atoms with Gasteiger partial charge >= 0.3 is 5.97 Å². The molecule has 3 aromatic rings. The molecular formula is C24H27NO4. The van der Waals surface area contributed by atoms with E-state index in [9.17, 15) is 9.90 Å². The summed E-state index contributed by atoms with van der Waals surface area (Å²) < 4.78 is 11.7. The molecule has 1 saturated carbocycles. The molecule has 1 aromatic heterocycles. The zero-order valence-electron chi connectivity index (χ0n) is 16.7. The summed E-state index contributed by atoms with van der Waals surface area (Å²) in [6.45, 7) is 2.56. The van der Waals surface area contributed by atoms with E-state index in [4.69, 9.17) is 9.47 Å². The van der Waals surface area contributed by atoms with Crippen LogP contribution in [0.5, 0.6) is 11.5 Å². The summed E-state index contributed by atoms with van der Waals surface area (Å²) >= 11 is 0. The number of fused-ring (bicyclic) bond motifs is 1. The molecule has 1 aliphatic carbocycles. The van der Waals surface area contributed by atoms with Crippen molar-refractivity contribution in [3.8, 4) is 22.8 Å². The van der Waals surface area contributed by atoms with Gasteiger partial charge in [0.05, 0.1) is 24.8 Å². The molecule has 5 heteroatoms. The van der Waals surface area contributed by atoms with Crippen molar-refractivity contribution in [2.45, 2.75) is 51.6 Å². The van der Waals surface area contributed by atoms with E-state index in [2.05, 4.69) is 4.98 Å². The Labute approximate surface area is 170 Å². The van der Waals surface area contributed by atoms with Crippen molar-refractivity contribution in [2.24, 2.45) is 0 Å². The molecule has 5 nitrogen and oxygen atoms in total. The average Bonchev–Trinajstić information content (AvgIpc) is 3.07. The third kappa shape index (κ3) is 4.39. The van der Waals surface area contributed by atoms with Crippen molar-refractivity contribution in [1.29, 1.82) is 0 Å². The Hall–Kier alpha value is -2.95. The van der Waals surface area contributed by atoms with Crippen LogP contribution in [0.2, 0.25) is 0 Å². The third-order valence-electron chi connectivity index (χ3n) is 5.51. The number of carbonyl (C=O) groups is 1. The number of rotatable bonds is 7. The molecule has 0 bridgehead atoms. The van der Waals surface area contributed by atoms with Gasteiger partial charge in [-0.3, -0.25) is 4.79 Å². The highest BCUT2D eigenvalue weighted by atomic mass is 16.5. The molecule has 2 N–H and O–H groups in total. The van der Waals surface area contributed by atoms with Crippen molar-refractivity contribution >= 4 is 16.9 Å². The van der Waals surface area contributed by atoms with Gasteiger partial charge in [0, 0.05) is 10.9 Å². The van der Waals surface area contributed by atoms with Crippen LogP contribution in [0.4, 0.5) is 0 Å². The number of aromatic nitrogens is 1. The minimum Gasteiger partial charge on any atom is -0.494 e. The summed E-state index contributed by atoms with van der Waals surface area (Å²) in [6.07, 6.45) is 6.09. The Morgan fingerprint density at radius 2 is 1.79 bits per heavy atom. The highest BCUT2D eigenvalue weighted by Crippen LogP contribution is 2.34. The van der Waals surface area contributed by atoms with E-state index in [1.807, 2.05) is 49.4 Å². The van der Waals surface area contributed by atoms with Gasteiger partial charge in [0.15, 0.2) is 0 Å². The van der Waals surface area contributed by atoms with Crippen LogP contribution in [0.15, 0.2) is 42.5 Å². The summed E-state index contributed by atoms with van der Waals surface area (Å²) in [7, 11) is 0. The second-order valence-electron chi connectivity index (χ2n) is 7.59. The maximum atomic E-state index is 11.6. The second-order valence-corrected chi connectivity index (χ2v) is 7.59. The van der Waals surface area contributed by atoms with Gasteiger partial charge in [-0.25, -0.2) is 0 Å². The Balaban J connectivity index is 1.70. The van der Waals surface area contributed by atoms with E-state index in [0.29, 0.717) is 6.61 Å². The van der Waals surface area contributed by atoms with Crippen molar-refractivity contribution in [3.05, 3.63) is 48.0 Å². The fourth-order valence-electron chi connectivity index (χ4n) is 4.14. The van der Waals surface area contributed by atoms with Crippen molar-refractivity contribution < 1.29 is 19.4 Å². The topological polar surface area (TPSA) is 71.5 Å². The molecule has 2 aromatic carbocycles. The number of aromatic amines is 1. The molecule has 0 amide bonds. The molecule has 0 radical (unpaired) electrons. The molecule has 0 spiro atoms. The van der Waals surface area contributed by atoms with Crippen LogP contribution in [-0.2, 0) is 11.2 Å². The minimum absolute atomic E-state index is 0.0462. The van der Waals surface area contributed by atoms with Crippen LogP contribution < -0.4 is 9.47 Å². The maximum absolute atomic E-state index is 11.6. The summed E-state index contributed by atoms with van der Waals surface area (Å²) in [5, 5.41) is 10.4. The molecule has 4 rings (SSSR count). The normalized spacial score (nSPS) is 14.8. The van der Waals surface area contributed by atoms with Gasteiger partial charge in [0.2, 0.25) is 0 Å². The molecule has 1 aliphatic rings. The fourth-order valence-corrected chi connectivity index (χ4v) is 4.14. The lowest BCUT2D eigenvalue weighted by Crippen LogP contribution is -2.19. The number of hydrogen-bond donors (Lipinski definition) is 2. The quantitative estimate of drug-likeness (QED) is 0.550. The zero-order valence-corrected chi connectivity index (χ0v) is 16.7. The summed E-state index contributed by atoms with van der Waals surface area (Å²) in [6, 6.07) is 13.7. The molecule has 0 atom stereocenters. The number of benzene rings is 2. The first-order chi connectivity index (χ1) is 14.1. The highest BCUT2D eigenvalue weighted by Gasteiger charge is 2.19. The molecular weight excluding hydrogens is 366 g/mol. The molecule has 0 unspecified atom stereocenters. The molecule has 0 aliphatic heterocycles. The van der Waals surface area contributed by atoms with E-state index >= 15 is 0 Å². The number of aliphatic carboxylic acids is 1. The lowest BCUT2D eigenvalue weighted by atomic mass is 9.98. The molecule has 29 heavy (non-hydrogen) atoms. The number of carboxylic acids is 1. The minimum atomic E-state index is -0.850. The van der Waals surface area contributed by atoms with E-state index in [1.54, 1.807) is 0 Å². The maximum Gasteiger partial charge on any atom is 0.307 e. The van der Waals surface area contributed by atoms with Crippen LogP contribution in [0, 0.1) is 0 Å². The van der Waals surface area contributed by atoms with Gasteiger partial charge in [-0.15, -0.1) is 0 Å². The Morgan fingerprint density at radius 1 is 1.07 bits per heavy atom. The van der Waals surface area contributed by atoms with Gasteiger partial charge in [-0.2, -0.15) is 0 Å².